The molecule has 2 atom stereocenters. The molecule has 0 bridgehead atoms. The first-order chi connectivity index (χ1) is 11.0. The van der Waals surface area contributed by atoms with E-state index in [0.717, 1.165) is 12.0 Å². The molecular weight excluding hydrogens is 297 g/mol. The van der Waals surface area contributed by atoms with Crippen molar-refractivity contribution >= 4 is 6.03 Å². The summed E-state index contributed by atoms with van der Waals surface area (Å²) in [7, 11) is 1.78. The van der Waals surface area contributed by atoms with Crippen LogP contribution < -0.4 is 5.32 Å². The van der Waals surface area contributed by atoms with Crippen molar-refractivity contribution in [2.45, 2.75) is 25.9 Å². The lowest BCUT2D eigenvalue weighted by molar-refractivity contribution is 0.191. The Balaban J connectivity index is 1.70. The Kier molecular flexibility index (Phi) is 4.27. The van der Waals surface area contributed by atoms with Crippen LogP contribution in [0.2, 0.25) is 0 Å². The number of hydrogen-bond donors (Lipinski definition) is 1. The highest BCUT2D eigenvalue weighted by Crippen LogP contribution is 2.35. The van der Waals surface area contributed by atoms with Gasteiger partial charge in [-0.05, 0) is 30.0 Å². The summed E-state index contributed by atoms with van der Waals surface area (Å²) < 4.78 is 15.1. The molecule has 1 aromatic carbocycles. The predicted octanol–water partition coefficient (Wildman–Crippen LogP) is 2.25. The van der Waals surface area contributed by atoms with E-state index >= 15 is 0 Å². The normalized spacial score (nSPS) is 20.7. The number of nitrogens with one attached hydrogen (secondary N) is 1. The summed E-state index contributed by atoms with van der Waals surface area (Å²) in [4.78, 5) is 14.3. The maximum atomic E-state index is 13.5. The van der Waals surface area contributed by atoms with E-state index in [9.17, 15) is 9.18 Å². The summed E-state index contributed by atoms with van der Waals surface area (Å²) in [6.45, 7) is 3.09. The molecule has 1 fully saturated rings. The predicted molar refractivity (Wildman–Crippen MR) is 82.9 cm³/mol. The molecule has 0 aliphatic carbocycles. The van der Waals surface area contributed by atoms with Crippen LogP contribution in [0.1, 0.15) is 30.6 Å². The molecule has 2 amide bonds. The van der Waals surface area contributed by atoms with Crippen molar-refractivity contribution < 1.29 is 9.18 Å². The Hall–Kier alpha value is -2.44. The number of likely N-dealkylation sites (tertiary alicyclic amines) is 1. The molecule has 1 aliphatic heterocycles. The van der Waals surface area contributed by atoms with E-state index in [2.05, 4.69) is 22.6 Å². The number of urea groups is 1. The lowest BCUT2D eigenvalue weighted by Gasteiger charge is -2.25. The van der Waals surface area contributed by atoms with Crippen LogP contribution in [-0.2, 0) is 13.6 Å². The fourth-order valence-corrected chi connectivity index (χ4v) is 3.04. The number of amides is 2. The molecule has 6 nitrogen and oxygen atoms in total. The summed E-state index contributed by atoms with van der Waals surface area (Å²) in [5, 5.41) is 10.7. The maximum Gasteiger partial charge on any atom is 0.318 e. The minimum atomic E-state index is -0.276. The number of halogens is 1. The molecule has 1 aromatic heterocycles. The lowest BCUT2D eigenvalue weighted by atomic mass is 10.0. The number of hydrogen-bond acceptors (Lipinski definition) is 3. The van der Waals surface area contributed by atoms with E-state index in [1.54, 1.807) is 28.9 Å². The average molecular weight is 317 g/mol. The smallest absolute Gasteiger partial charge is 0.318 e. The summed E-state index contributed by atoms with van der Waals surface area (Å²) >= 11 is 0. The van der Waals surface area contributed by atoms with Crippen LogP contribution in [0.5, 0.6) is 0 Å². The molecule has 23 heavy (non-hydrogen) atoms. The fraction of sp³-hybridized carbons (Fsp3) is 0.438. The van der Waals surface area contributed by atoms with Crippen LogP contribution in [0.4, 0.5) is 9.18 Å². The molecule has 2 heterocycles. The molecule has 2 aromatic rings. The van der Waals surface area contributed by atoms with Gasteiger partial charge in [-0.25, -0.2) is 9.18 Å². The second-order valence-electron chi connectivity index (χ2n) is 6.11. The number of benzene rings is 1. The second-order valence-corrected chi connectivity index (χ2v) is 6.11. The highest BCUT2D eigenvalue weighted by Gasteiger charge is 2.34. The Morgan fingerprint density at radius 1 is 1.48 bits per heavy atom. The molecule has 122 valence electrons. The summed E-state index contributed by atoms with van der Waals surface area (Å²) in [5.41, 5.74) is 1.54. The first-order valence-corrected chi connectivity index (χ1v) is 7.68. The molecule has 1 aliphatic rings. The van der Waals surface area contributed by atoms with E-state index in [1.165, 1.54) is 12.1 Å². The molecular formula is C16H20FN5O. The second kappa shape index (κ2) is 6.36. The van der Waals surface area contributed by atoms with Gasteiger partial charge in [-0.3, -0.25) is 4.68 Å². The highest BCUT2D eigenvalue weighted by atomic mass is 19.1. The third-order valence-electron chi connectivity index (χ3n) is 4.08. The van der Waals surface area contributed by atoms with Crippen molar-refractivity contribution in [2.24, 2.45) is 13.0 Å². The van der Waals surface area contributed by atoms with E-state index in [4.69, 9.17) is 0 Å². The number of rotatable bonds is 3. The highest BCUT2D eigenvalue weighted by molar-refractivity contribution is 5.75. The van der Waals surface area contributed by atoms with Crippen LogP contribution in [0.25, 0.3) is 0 Å². The van der Waals surface area contributed by atoms with Gasteiger partial charge in [0.2, 0.25) is 0 Å². The molecule has 2 unspecified atom stereocenters. The molecule has 1 saturated heterocycles. The molecule has 0 spiro atoms. The van der Waals surface area contributed by atoms with Gasteiger partial charge in [0.05, 0.1) is 12.6 Å². The van der Waals surface area contributed by atoms with Gasteiger partial charge in [0.1, 0.15) is 11.5 Å². The third kappa shape index (κ3) is 3.49. The van der Waals surface area contributed by atoms with Crippen molar-refractivity contribution in [3.8, 4) is 0 Å². The lowest BCUT2D eigenvalue weighted by Crippen LogP contribution is -2.39. The van der Waals surface area contributed by atoms with Gasteiger partial charge in [0, 0.05) is 19.8 Å². The molecule has 7 heteroatoms. The zero-order valence-corrected chi connectivity index (χ0v) is 13.2. The van der Waals surface area contributed by atoms with Gasteiger partial charge in [0.15, 0.2) is 0 Å². The Labute approximate surface area is 134 Å². The maximum absolute atomic E-state index is 13.5. The average Bonchev–Trinajstić information content (AvgIpc) is 3.11. The van der Waals surface area contributed by atoms with E-state index in [1.807, 2.05) is 6.07 Å². The van der Waals surface area contributed by atoms with Crippen LogP contribution in [-0.4, -0.2) is 32.5 Å². The first-order valence-electron chi connectivity index (χ1n) is 7.68. The number of carbonyl (C=O) groups is 1. The molecule has 3 rings (SSSR count). The van der Waals surface area contributed by atoms with Gasteiger partial charge >= 0.3 is 6.03 Å². The van der Waals surface area contributed by atoms with Crippen LogP contribution in [0.3, 0.4) is 0 Å². The Bertz CT molecular complexity index is 701. The number of aryl methyl sites for hydroxylation is 1. The molecule has 0 saturated carbocycles. The topological polar surface area (TPSA) is 63.1 Å². The quantitative estimate of drug-likeness (QED) is 0.944. The number of aromatic nitrogens is 3. The van der Waals surface area contributed by atoms with Crippen molar-refractivity contribution in [2.75, 3.05) is 6.54 Å². The zero-order chi connectivity index (χ0) is 16.4. The van der Waals surface area contributed by atoms with Gasteiger partial charge in [-0.1, -0.05) is 24.3 Å². The third-order valence-corrected chi connectivity index (χ3v) is 4.08. The van der Waals surface area contributed by atoms with Crippen molar-refractivity contribution in [1.82, 2.24) is 25.2 Å². The largest absolute Gasteiger partial charge is 0.332 e. The van der Waals surface area contributed by atoms with Gasteiger partial charge < -0.3 is 10.2 Å². The van der Waals surface area contributed by atoms with Gasteiger partial charge in [-0.15, -0.1) is 5.10 Å². The molecule has 0 radical (unpaired) electrons. The minimum absolute atomic E-state index is 0.0949. The SMILES string of the molecule is CC1CC(c2cccc(F)c2)N(C(=O)NCc2cn(C)nn2)C1. The van der Waals surface area contributed by atoms with Crippen molar-refractivity contribution in [1.29, 1.82) is 0 Å². The number of carbonyl (C=O) groups excluding carboxylic acids is 1. The zero-order valence-electron chi connectivity index (χ0n) is 13.2. The minimum Gasteiger partial charge on any atom is -0.332 e. The van der Waals surface area contributed by atoms with E-state index in [-0.39, 0.29) is 17.9 Å². The number of nitrogens with zero attached hydrogens (tertiary/aromatic N) is 4. The van der Waals surface area contributed by atoms with Crippen LogP contribution in [0, 0.1) is 11.7 Å². The standard InChI is InChI=1S/C16H20FN5O/c1-11-6-15(12-4-3-5-13(17)7-12)22(9-11)16(23)18-8-14-10-21(2)20-19-14/h3-5,7,10-11,15H,6,8-9H2,1-2H3,(H,18,23). The Morgan fingerprint density at radius 2 is 2.30 bits per heavy atom. The van der Waals surface area contributed by atoms with Crippen molar-refractivity contribution in [3.05, 3.63) is 47.5 Å². The molecule has 1 N–H and O–H groups in total. The van der Waals surface area contributed by atoms with Crippen LogP contribution >= 0.6 is 0 Å². The summed E-state index contributed by atoms with van der Waals surface area (Å²) in [5.74, 6) is 0.104. The van der Waals surface area contributed by atoms with Gasteiger partial charge in [0.25, 0.3) is 0 Å². The summed E-state index contributed by atoms with van der Waals surface area (Å²) in [6, 6.07) is 6.22. The monoisotopic (exact) mass is 317 g/mol. The van der Waals surface area contributed by atoms with Crippen LogP contribution in [0.15, 0.2) is 30.5 Å². The van der Waals surface area contributed by atoms with Crippen molar-refractivity contribution in [3.63, 3.8) is 0 Å². The summed E-state index contributed by atoms with van der Waals surface area (Å²) in [6.07, 6.45) is 2.60. The fourth-order valence-electron chi connectivity index (χ4n) is 3.04. The van der Waals surface area contributed by atoms with E-state index in [0.29, 0.717) is 24.7 Å². The Morgan fingerprint density at radius 3 is 3.00 bits per heavy atom. The first kappa shape index (κ1) is 15.5. The van der Waals surface area contributed by atoms with E-state index < -0.39 is 0 Å². The van der Waals surface area contributed by atoms with Gasteiger partial charge in [-0.2, -0.15) is 0 Å².